The van der Waals surface area contributed by atoms with Crippen LogP contribution in [0.5, 0.6) is 0 Å². The molecule has 1 aliphatic rings. The van der Waals surface area contributed by atoms with Crippen molar-refractivity contribution in [1.29, 1.82) is 0 Å². The van der Waals surface area contributed by atoms with Crippen LogP contribution >= 0.6 is 23.2 Å². The fourth-order valence-electron chi connectivity index (χ4n) is 2.42. The van der Waals surface area contributed by atoms with Crippen molar-refractivity contribution in [3.05, 3.63) is 33.8 Å². The SMILES string of the molecule is Nc1nc(N2CCN(Cc3c(Cl)cccc3Cl)CC2)n[nH]1. The van der Waals surface area contributed by atoms with Crippen molar-refractivity contribution in [3.8, 4) is 0 Å². The Balaban J connectivity index is 1.61. The van der Waals surface area contributed by atoms with E-state index in [0.29, 0.717) is 21.9 Å². The molecular formula is C13H16Cl2N6. The number of H-pyrrole nitrogens is 1. The number of hydrogen-bond donors (Lipinski definition) is 2. The molecule has 2 heterocycles. The number of nitrogens with one attached hydrogen (secondary N) is 1. The summed E-state index contributed by atoms with van der Waals surface area (Å²) in [6, 6.07) is 5.60. The molecular weight excluding hydrogens is 311 g/mol. The third-order valence-corrected chi connectivity index (χ3v) is 4.30. The van der Waals surface area contributed by atoms with Crippen LogP contribution in [0.15, 0.2) is 18.2 Å². The van der Waals surface area contributed by atoms with Crippen LogP contribution in [0, 0.1) is 0 Å². The van der Waals surface area contributed by atoms with Gasteiger partial charge in [-0.15, -0.1) is 5.10 Å². The molecule has 0 amide bonds. The Kier molecular flexibility index (Phi) is 4.19. The van der Waals surface area contributed by atoms with Gasteiger partial charge in [0.2, 0.25) is 11.9 Å². The van der Waals surface area contributed by atoms with E-state index in [9.17, 15) is 0 Å². The number of aromatic nitrogens is 3. The minimum atomic E-state index is 0.343. The summed E-state index contributed by atoms with van der Waals surface area (Å²) in [5.41, 5.74) is 6.54. The highest BCUT2D eigenvalue weighted by Crippen LogP contribution is 2.26. The molecule has 2 aromatic rings. The summed E-state index contributed by atoms with van der Waals surface area (Å²) < 4.78 is 0. The van der Waals surface area contributed by atoms with Crippen molar-refractivity contribution in [1.82, 2.24) is 20.1 Å². The maximum atomic E-state index is 6.22. The fraction of sp³-hybridized carbons (Fsp3) is 0.385. The van der Waals surface area contributed by atoms with E-state index >= 15 is 0 Å². The molecule has 6 nitrogen and oxygen atoms in total. The summed E-state index contributed by atoms with van der Waals surface area (Å²) in [5.74, 6) is 0.998. The van der Waals surface area contributed by atoms with Gasteiger partial charge in [0, 0.05) is 48.3 Å². The van der Waals surface area contributed by atoms with E-state index in [1.807, 2.05) is 18.2 Å². The van der Waals surface area contributed by atoms with E-state index in [0.717, 1.165) is 38.3 Å². The normalized spacial score (nSPS) is 16.4. The second-order valence-corrected chi connectivity index (χ2v) is 5.80. The zero-order valence-electron chi connectivity index (χ0n) is 11.4. The number of nitrogens with two attached hydrogens (primary N) is 1. The number of halogens is 2. The lowest BCUT2D eigenvalue weighted by atomic mass is 10.2. The van der Waals surface area contributed by atoms with E-state index in [-0.39, 0.29) is 0 Å². The average molecular weight is 327 g/mol. The third kappa shape index (κ3) is 3.23. The largest absolute Gasteiger partial charge is 0.368 e. The Labute approximate surface area is 132 Å². The van der Waals surface area contributed by atoms with Gasteiger partial charge in [0.15, 0.2) is 0 Å². The standard InChI is InChI=1S/C13H16Cl2N6/c14-10-2-1-3-11(15)9(10)8-20-4-6-21(7-5-20)13-17-12(16)18-19-13/h1-3H,4-8H2,(H3,16,17,18,19). The van der Waals surface area contributed by atoms with Gasteiger partial charge in [0.1, 0.15) is 0 Å². The Morgan fingerprint density at radius 2 is 1.81 bits per heavy atom. The number of nitrogens with zero attached hydrogens (tertiary/aromatic N) is 4. The Hall–Kier alpha value is -1.50. The lowest BCUT2D eigenvalue weighted by molar-refractivity contribution is 0.249. The third-order valence-electron chi connectivity index (χ3n) is 3.59. The topological polar surface area (TPSA) is 74.1 Å². The summed E-state index contributed by atoms with van der Waals surface area (Å²) in [5, 5.41) is 8.17. The number of hydrogen-bond acceptors (Lipinski definition) is 5. The second-order valence-electron chi connectivity index (χ2n) is 4.98. The Morgan fingerprint density at radius 3 is 2.38 bits per heavy atom. The molecule has 0 aliphatic carbocycles. The van der Waals surface area contributed by atoms with Gasteiger partial charge in [-0.25, -0.2) is 5.10 Å². The lowest BCUT2D eigenvalue weighted by Crippen LogP contribution is -2.46. The number of benzene rings is 1. The second kappa shape index (κ2) is 6.09. The van der Waals surface area contributed by atoms with Crippen molar-refractivity contribution >= 4 is 35.1 Å². The van der Waals surface area contributed by atoms with Gasteiger partial charge in [-0.2, -0.15) is 4.98 Å². The molecule has 1 aromatic heterocycles. The first-order chi connectivity index (χ1) is 10.1. The predicted molar refractivity (Wildman–Crippen MR) is 84.7 cm³/mol. The molecule has 1 aliphatic heterocycles. The number of anilines is 2. The molecule has 0 atom stereocenters. The first kappa shape index (κ1) is 14.4. The van der Waals surface area contributed by atoms with Crippen LogP contribution in [0.3, 0.4) is 0 Å². The maximum absolute atomic E-state index is 6.22. The van der Waals surface area contributed by atoms with Gasteiger partial charge in [-0.3, -0.25) is 4.90 Å². The van der Waals surface area contributed by atoms with E-state index < -0.39 is 0 Å². The molecule has 0 radical (unpaired) electrons. The highest BCUT2D eigenvalue weighted by atomic mass is 35.5. The zero-order valence-corrected chi connectivity index (χ0v) is 12.9. The molecule has 3 N–H and O–H groups in total. The molecule has 0 unspecified atom stereocenters. The number of aromatic amines is 1. The van der Waals surface area contributed by atoms with E-state index in [1.54, 1.807) is 0 Å². The zero-order chi connectivity index (χ0) is 14.8. The van der Waals surface area contributed by atoms with Gasteiger partial charge in [0.25, 0.3) is 0 Å². The summed E-state index contributed by atoms with van der Waals surface area (Å²) in [6.45, 7) is 4.24. The molecule has 1 aromatic carbocycles. The average Bonchev–Trinajstić information content (AvgIpc) is 2.90. The predicted octanol–water partition coefficient (Wildman–Crippen LogP) is 2.02. The first-order valence-corrected chi connectivity index (χ1v) is 7.47. The van der Waals surface area contributed by atoms with Gasteiger partial charge in [0.05, 0.1) is 0 Å². The minimum Gasteiger partial charge on any atom is -0.368 e. The summed E-state index contributed by atoms with van der Waals surface area (Å²) in [4.78, 5) is 8.58. The van der Waals surface area contributed by atoms with Crippen molar-refractivity contribution in [2.24, 2.45) is 0 Å². The van der Waals surface area contributed by atoms with Crippen LogP contribution in [-0.4, -0.2) is 46.3 Å². The van der Waals surface area contributed by atoms with Gasteiger partial charge in [-0.05, 0) is 12.1 Å². The van der Waals surface area contributed by atoms with Crippen LogP contribution in [0.4, 0.5) is 11.9 Å². The highest BCUT2D eigenvalue weighted by Gasteiger charge is 2.21. The van der Waals surface area contributed by atoms with Crippen molar-refractivity contribution in [2.45, 2.75) is 6.54 Å². The first-order valence-electron chi connectivity index (χ1n) is 6.71. The molecule has 0 bridgehead atoms. The molecule has 1 saturated heterocycles. The Morgan fingerprint density at radius 1 is 1.14 bits per heavy atom. The molecule has 21 heavy (non-hydrogen) atoms. The molecule has 1 fully saturated rings. The number of piperazine rings is 1. The van der Waals surface area contributed by atoms with Crippen LogP contribution < -0.4 is 10.6 Å². The van der Waals surface area contributed by atoms with E-state index in [1.165, 1.54) is 0 Å². The monoisotopic (exact) mass is 326 g/mol. The summed E-state index contributed by atoms with van der Waals surface area (Å²) >= 11 is 12.4. The van der Waals surface area contributed by atoms with Crippen LogP contribution in [0.2, 0.25) is 10.0 Å². The summed E-state index contributed by atoms with van der Waals surface area (Å²) in [6.07, 6.45) is 0. The van der Waals surface area contributed by atoms with Crippen molar-refractivity contribution < 1.29 is 0 Å². The van der Waals surface area contributed by atoms with Crippen LogP contribution in [-0.2, 0) is 6.54 Å². The van der Waals surface area contributed by atoms with E-state index in [4.69, 9.17) is 28.9 Å². The quantitative estimate of drug-likeness (QED) is 0.902. The maximum Gasteiger partial charge on any atom is 0.246 e. The van der Waals surface area contributed by atoms with Crippen molar-refractivity contribution in [2.75, 3.05) is 36.8 Å². The fourth-order valence-corrected chi connectivity index (χ4v) is 2.94. The smallest absolute Gasteiger partial charge is 0.246 e. The molecule has 0 saturated carbocycles. The lowest BCUT2D eigenvalue weighted by Gasteiger charge is -2.34. The minimum absolute atomic E-state index is 0.343. The van der Waals surface area contributed by atoms with Crippen LogP contribution in [0.1, 0.15) is 5.56 Å². The van der Waals surface area contributed by atoms with Crippen LogP contribution in [0.25, 0.3) is 0 Å². The molecule has 3 rings (SSSR count). The van der Waals surface area contributed by atoms with Gasteiger partial charge >= 0.3 is 0 Å². The number of nitrogen functional groups attached to an aromatic ring is 1. The highest BCUT2D eigenvalue weighted by molar-refractivity contribution is 6.35. The molecule has 112 valence electrons. The van der Waals surface area contributed by atoms with Gasteiger partial charge < -0.3 is 10.6 Å². The van der Waals surface area contributed by atoms with E-state index in [2.05, 4.69) is 25.0 Å². The van der Waals surface area contributed by atoms with Gasteiger partial charge in [-0.1, -0.05) is 29.3 Å². The summed E-state index contributed by atoms with van der Waals surface area (Å²) in [7, 11) is 0. The molecule has 0 spiro atoms. The Bertz CT molecular complexity index is 601. The number of rotatable bonds is 3. The molecule has 8 heteroatoms. The van der Waals surface area contributed by atoms with Crippen molar-refractivity contribution in [3.63, 3.8) is 0 Å².